The lowest BCUT2D eigenvalue weighted by Gasteiger charge is -2.07. The lowest BCUT2D eigenvalue weighted by molar-refractivity contribution is 0.628. The van der Waals surface area contributed by atoms with Gasteiger partial charge in [0.2, 0.25) is 0 Å². The summed E-state index contributed by atoms with van der Waals surface area (Å²) in [4.78, 5) is 0. The van der Waals surface area contributed by atoms with Crippen molar-refractivity contribution >= 4 is 23.0 Å². The predicted octanol–water partition coefficient (Wildman–Crippen LogP) is 4.53. The molecule has 0 radical (unpaired) electrons. The SMILES string of the molecule is Cc1ccc(Nc2ccc(F)cc2)cc1Cl. The molecule has 16 heavy (non-hydrogen) atoms. The van der Waals surface area contributed by atoms with Crippen LogP contribution in [0.4, 0.5) is 15.8 Å². The van der Waals surface area contributed by atoms with Crippen LogP contribution in [0.15, 0.2) is 42.5 Å². The Bertz CT molecular complexity index is 494. The van der Waals surface area contributed by atoms with Crippen LogP contribution < -0.4 is 5.32 Å². The molecule has 1 nitrogen and oxygen atoms in total. The molecule has 0 atom stereocenters. The maximum Gasteiger partial charge on any atom is 0.123 e. The third-order valence-electron chi connectivity index (χ3n) is 2.30. The molecule has 0 amide bonds. The Kier molecular flexibility index (Phi) is 3.11. The quantitative estimate of drug-likeness (QED) is 0.806. The van der Waals surface area contributed by atoms with Gasteiger partial charge in [-0.05, 0) is 48.9 Å². The van der Waals surface area contributed by atoms with Gasteiger partial charge in [-0.2, -0.15) is 0 Å². The Morgan fingerprint density at radius 3 is 2.25 bits per heavy atom. The first-order chi connectivity index (χ1) is 7.65. The molecule has 2 aromatic carbocycles. The minimum atomic E-state index is -0.243. The molecular formula is C13H11ClFN. The normalized spacial score (nSPS) is 10.2. The van der Waals surface area contributed by atoms with Crippen molar-refractivity contribution in [1.82, 2.24) is 0 Å². The van der Waals surface area contributed by atoms with Crippen LogP contribution in [0.5, 0.6) is 0 Å². The molecule has 2 rings (SSSR count). The molecule has 1 N–H and O–H groups in total. The van der Waals surface area contributed by atoms with E-state index in [4.69, 9.17) is 11.6 Å². The van der Waals surface area contributed by atoms with E-state index in [0.29, 0.717) is 5.02 Å². The van der Waals surface area contributed by atoms with Gasteiger partial charge in [0.1, 0.15) is 5.82 Å². The fraction of sp³-hybridized carbons (Fsp3) is 0.0769. The van der Waals surface area contributed by atoms with Crippen LogP contribution in [0.25, 0.3) is 0 Å². The molecular weight excluding hydrogens is 225 g/mol. The van der Waals surface area contributed by atoms with E-state index in [-0.39, 0.29) is 5.82 Å². The Balaban J connectivity index is 2.20. The fourth-order valence-electron chi connectivity index (χ4n) is 1.37. The van der Waals surface area contributed by atoms with E-state index < -0.39 is 0 Å². The maximum absolute atomic E-state index is 12.7. The summed E-state index contributed by atoms with van der Waals surface area (Å²) in [7, 11) is 0. The lowest BCUT2D eigenvalue weighted by Crippen LogP contribution is -1.90. The van der Waals surface area contributed by atoms with Gasteiger partial charge in [0.25, 0.3) is 0 Å². The highest BCUT2D eigenvalue weighted by molar-refractivity contribution is 6.31. The summed E-state index contributed by atoms with van der Waals surface area (Å²) in [5.41, 5.74) is 2.76. The van der Waals surface area contributed by atoms with Gasteiger partial charge in [-0.15, -0.1) is 0 Å². The van der Waals surface area contributed by atoms with Gasteiger partial charge in [-0.25, -0.2) is 4.39 Å². The molecule has 0 aliphatic heterocycles. The standard InChI is InChI=1S/C13H11ClFN/c1-9-2-5-12(8-13(9)14)16-11-6-3-10(15)4-7-11/h2-8,16H,1H3. The summed E-state index contributed by atoms with van der Waals surface area (Å²) in [6.45, 7) is 1.95. The molecule has 0 aliphatic carbocycles. The van der Waals surface area contributed by atoms with Crippen LogP contribution >= 0.6 is 11.6 Å². The number of hydrogen-bond acceptors (Lipinski definition) is 1. The summed E-state index contributed by atoms with van der Waals surface area (Å²) in [6.07, 6.45) is 0. The molecule has 2 aromatic rings. The van der Waals surface area contributed by atoms with Crippen molar-refractivity contribution in [2.45, 2.75) is 6.92 Å². The van der Waals surface area contributed by atoms with Gasteiger partial charge < -0.3 is 5.32 Å². The molecule has 0 unspecified atom stereocenters. The van der Waals surface area contributed by atoms with E-state index in [1.807, 2.05) is 25.1 Å². The van der Waals surface area contributed by atoms with E-state index >= 15 is 0 Å². The Labute approximate surface area is 98.9 Å². The summed E-state index contributed by atoms with van der Waals surface area (Å²) < 4.78 is 12.7. The highest BCUT2D eigenvalue weighted by Gasteiger charge is 1.98. The van der Waals surface area contributed by atoms with Gasteiger partial charge >= 0.3 is 0 Å². The molecule has 3 heteroatoms. The second-order valence-corrected chi connectivity index (χ2v) is 4.00. The zero-order valence-electron chi connectivity index (χ0n) is 8.80. The third-order valence-corrected chi connectivity index (χ3v) is 2.71. The zero-order valence-corrected chi connectivity index (χ0v) is 9.55. The molecule has 0 saturated heterocycles. The zero-order chi connectivity index (χ0) is 11.5. The number of benzene rings is 2. The second kappa shape index (κ2) is 4.54. The summed E-state index contributed by atoms with van der Waals surface area (Å²) >= 11 is 6.01. The average Bonchev–Trinajstić information content (AvgIpc) is 2.27. The van der Waals surface area contributed by atoms with Crippen molar-refractivity contribution in [3.63, 3.8) is 0 Å². The first-order valence-corrected chi connectivity index (χ1v) is 5.32. The van der Waals surface area contributed by atoms with Crippen molar-refractivity contribution in [3.05, 3.63) is 58.9 Å². The Morgan fingerprint density at radius 2 is 1.62 bits per heavy atom. The largest absolute Gasteiger partial charge is 0.355 e. The van der Waals surface area contributed by atoms with Crippen molar-refractivity contribution < 1.29 is 4.39 Å². The minimum absolute atomic E-state index is 0.243. The van der Waals surface area contributed by atoms with Crippen LogP contribution in [0.2, 0.25) is 5.02 Å². The van der Waals surface area contributed by atoms with Crippen LogP contribution in [-0.2, 0) is 0 Å². The monoisotopic (exact) mass is 235 g/mol. The molecule has 0 bridgehead atoms. The predicted molar refractivity (Wildman–Crippen MR) is 65.9 cm³/mol. The number of anilines is 2. The van der Waals surface area contributed by atoms with Crippen LogP contribution in [0, 0.1) is 12.7 Å². The fourth-order valence-corrected chi connectivity index (χ4v) is 1.55. The Morgan fingerprint density at radius 1 is 1.00 bits per heavy atom. The molecule has 0 aliphatic rings. The van der Waals surface area contributed by atoms with E-state index in [9.17, 15) is 4.39 Å². The van der Waals surface area contributed by atoms with E-state index in [1.54, 1.807) is 12.1 Å². The summed E-state index contributed by atoms with van der Waals surface area (Å²) in [5, 5.41) is 3.86. The van der Waals surface area contributed by atoms with Crippen LogP contribution in [0.1, 0.15) is 5.56 Å². The number of aryl methyl sites for hydroxylation is 1. The smallest absolute Gasteiger partial charge is 0.123 e. The van der Waals surface area contributed by atoms with Gasteiger partial charge in [0.15, 0.2) is 0 Å². The molecule has 82 valence electrons. The van der Waals surface area contributed by atoms with Crippen molar-refractivity contribution in [2.75, 3.05) is 5.32 Å². The number of nitrogens with one attached hydrogen (secondary N) is 1. The van der Waals surface area contributed by atoms with Crippen LogP contribution in [-0.4, -0.2) is 0 Å². The molecule has 0 aromatic heterocycles. The number of hydrogen-bond donors (Lipinski definition) is 1. The average molecular weight is 236 g/mol. The van der Waals surface area contributed by atoms with Crippen molar-refractivity contribution in [3.8, 4) is 0 Å². The molecule has 0 heterocycles. The highest BCUT2D eigenvalue weighted by atomic mass is 35.5. The number of rotatable bonds is 2. The van der Waals surface area contributed by atoms with Gasteiger partial charge in [0, 0.05) is 16.4 Å². The molecule has 0 spiro atoms. The van der Waals surface area contributed by atoms with Gasteiger partial charge in [-0.1, -0.05) is 17.7 Å². The third kappa shape index (κ3) is 2.52. The lowest BCUT2D eigenvalue weighted by atomic mass is 10.2. The van der Waals surface area contributed by atoms with Gasteiger partial charge in [-0.3, -0.25) is 0 Å². The number of halogens is 2. The topological polar surface area (TPSA) is 12.0 Å². The van der Waals surface area contributed by atoms with E-state index in [1.165, 1.54) is 12.1 Å². The first kappa shape index (κ1) is 11.0. The maximum atomic E-state index is 12.7. The first-order valence-electron chi connectivity index (χ1n) is 4.94. The second-order valence-electron chi connectivity index (χ2n) is 3.60. The van der Waals surface area contributed by atoms with Crippen molar-refractivity contribution in [1.29, 1.82) is 0 Å². The summed E-state index contributed by atoms with van der Waals surface area (Å²) in [6, 6.07) is 11.9. The van der Waals surface area contributed by atoms with Crippen LogP contribution in [0.3, 0.4) is 0 Å². The highest BCUT2D eigenvalue weighted by Crippen LogP contribution is 2.23. The van der Waals surface area contributed by atoms with Crippen molar-refractivity contribution in [2.24, 2.45) is 0 Å². The van der Waals surface area contributed by atoms with E-state index in [0.717, 1.165) is 16.9 Å². The van der Waals surface area contributed by atoms with E-state index in [2.05, 4.69) is 5.32 Å². The Hall–Kier alpha value is -1.54. The van der Waals surface area contributed by atoms with Gasteiger partial charge in [0.05, 0.1) is 0 Å². The minimum Gasteiger partial charge on any atom is -0.355 e. The molecule has 0 saturated carbocycles. The summed E-state index contributed by atoms with van der Waals surface area (Å²) in [5.74, 6) is -0.243. The molecule has 0 fully saturated rings.